The molecule has 1 aliphatic heterocycles. The summed E-state index contributed by atoms with van der Waals surface area (Å²) in [7, 11) is 0. The number of carbonyl (C=O) groups is 1. The van der Waals surface area contributed by atoms with Crippen molar-refractivity contribution in [3.63, 3.8) is 0 Å². The molecule has 0 saturated carbocycles. The summed E-state index contributed by atoms with van der Waals surface area (Å²) >= 11 is 11.8. The highest BCUT2D eigenvalue weighted by atomic mass is 35.5. The minimum atomic E-state index is -0.445. The van der Waals surface area contributed by atoms with Crippen LogP contribution in [-0.4, -0.2) is 12.2 Å². The van der Waals surface area contributed by atoms with Gasteiger partial charge in [0.05, 0.1) is 15.6 Å². The van der Waals surface area contributed by atoms with Crippen LogP contribution >= 0.6 is 23.2 Å². The maximum absolute atomic E-state index is 11.8. The van der Waals surface area contributed by atoms with Crippen molar-refractivity contribution in [3.8, 4) is 0 Å². The first-order valence-electron chi connectivity index (χ1n) is 4.44. The van der Waals surface area contributed by atoms with Crippen molar-refractivity contribution in [3.05, 3.63) is 33.8 Å². The number of rotatable bonds is 2. The largest absolute Gasteiger partial charge is 0.322 e. The van der Waals surface area contributed by atoms with E-state index in [1.54, 1.807) is 18.2 Å². The number of hydrogen-bond acceptors (Lipinski definition) is 5. The second kappa shape index (κ2) is 4.96. The van der Waals surface area contributed by atoms with Crippen LogP contribution in [-0.2, 0) is 0 Å². The number of nitrogens with one attached hydrogen (secondary N) is 5. The summed E-state index contributed by atoms with van der Waals surface area (Å²) in [6.07, 6.45) is -0.445. The molecule has 1 aromatic rings. The van der Waals surface area contributed by atoms with E-state index >= 15 is 0 Å². The zero-order valence-electron chi connectivity index (χ0n) is 7.97. The summed E-state index contributed by atoms with van der Waals surface area (Å²) in [5.74, 6) is -0.369. The Kier molecular flexibility index (Phi) is 3.59. The van der Waals surface area contributed by atoms with Crippen molar-refractivity contribution < 1.29 is 4.79 Å². The number of carbonyl (C=O) groups excluding carboxylic acids is 1. The first-order chi connectivity index (χ1) is 7.68. The SMILES string of the molecule is O=C(NC1NNNN1)c1c(Cl)cccc1Cl. The molecule has 0 radical (unpaired) electrons. The fraction of sp³-hybridized carbons (Fsp3) is 0.125. The lowest BCUT2D eigenvalue weighted by molar-refractivity contribution is 0.0927. The van der Waals surface area contributed by atoms with Gasteiger partial charge < -0.3 is 5.32 Å². The lowest BCUT2D eigenvalue weighted by atomic mass is 10.2. The molecular formula is C8H9Cl2N5O. The first-order valence-corrected chi connectivity index (χ1v) is 5.20. The zero-order valence-corrected chi connectivity index (χ0v) is 9.49. The molecule has 0 atom stereocenters. The molecule has 1 aliphatic rings. The molecule has 8 heteroatoms. The normalized spacial score (nSPS) is 16.4. The van der Waals surface area contributed by atoms with Crippen LogP contribution in [0.15, 0.2) is 18.2 Å². The molecule has 1 saturated heterocycles. The predicted molar refractivity (Wildman–Crippen MR) is 60.3 cm³/mol. The number of benzene rings is 1. The molecule has 0 unspecified atom stereocenters. The molecule has 6 nitrogen and oxygen atoms in total. The number of hydrogen-bond donors (Lipinski definition) is 5. The molecule has 0 bridgehead atoms. The summed E-state index contributed by atoms with van der Waals surface area (Å²) < 4.78 is 0. The van der Waals surface area contributed by atoms with Crippen LogP contribution in [0, 0.1) is 0 Å². The van der Waals surface area contributed by atoms with Crippen molar-refractivity contribution in [2.75, 3.05) is 0 Å². The Balaban J connectivity index is 2.13. The van der Waals surface area contributed by atoms with Gasteiger partial charge in [0.25, 0.3) is 5.91 Å². The molecular weight excluding hydrogens is 253 g/mol. The Hall–Kier alpha value is -0.890. The maximum Gasteiger partial charge on any atom is 0.256 e. The van der Waals surface area contributed by atoms with Gasteiger partial charge in [-0.2, -0.15) is 11.1 Å². The highest BCUT2D eigenvalue weighted by Crippen LogP contribution is 2.23. The van der Waals surface area contributed by atoms with Crippen molar-refractivity contribution in [1.29, 1.82) is 0 Å². The van der Waals surface area contributed by atoms with E-state index in [1.807, 2.05) is 0 Å². The smallest absolute Gasteiger partial charge is 0.256 e. The monoisotopic (exact) mass is 261 g/mol. The van der Waals surface area contributed by atoms with Crippen LogP contribution in [0.4, 0.5) is 0 Å². The quantitative estimate of drug-likeness (QED) is 0.523. The highest BCUT2D eigenvalue weighted by molar-refractivity contribution is 6.39. The zero-order chi connectivity index (χ0) is 11.5. The number of hydrazine groups is 3. The van der Waals surface area contributed by atoms with Crippen LogP contribution in [0.2, 0.25) is 10.0 Å². The van der Waals surface area contributed by atoms with Crippen molar-refractivity contribution in [1.82, 2.24) is 27.2 Å². The van der Waals surface area contributed by atoms with Gasteiger partial charge in [-0.3, -0.25) is 4.79 Å². The average molecular weight is 262 g/mol. The summed E-state index contributed by atoms with van der Waals surface area (Å²) in [5.41, 5.74) is 10.8. The molecule has 0 aromatic heterocycles. The van der Waals surface area contributed by atoms with Crippen LogP contribution < -0.4 is 27.2 Å². The molecule has 5 N–H and O–H groups in total. The van der Waals surface area contributed by atoms with E-state index in [-0.39, 0.29) is 11.5 Å². The minimum absolute atomic E-state index is 0.251. The molecule has 2 rings (SSSR count). The van der Waals surface area contributed by atoms with E-state index < -0.39 is 6.29 Å². The summed E-state index contributed by atoms with van der Waals surface area (Å²) in [6, 6.07) is 4.89. The standard InChI is InChI=1S/C8H9Cl2N5O/c9-4-2-1-3-5(10)6(4)7(16)11-8-12-14-15-13-8/h1-3,8,12-15H,(H,11,16). The van der Waals surface area contributed by atoms with E-state index in [0.29, 0.717) is 10.0 Å². The third-order valence-corrected chi connectivity index (χ3v) is 2.59. The van der Waals surface area contributed by atoms with Gasteiger partial charge in [-0.05, 0) is 12.1 Å². The topological polar surface area (TPSA) is 77.2 Å². The van der Waals surface area contributed by atoms with Gasteiger partial charge in [0.15, 0.2) is 6.29 Å². The maximum atomic E-state index is 11.8. The summed E-state index contributed by atoms with van der Waals surface area (Å²) in [5, 5.41) is 3.24. The van der Waals surface area contributed by atoms with Crippen molar-refractivity contribution in [2.24, 2.45) is 0 Å². The Bertz CT molecular complexity index is 387. The molecule has 86 valence electrons. The van der Waals surface area contributed by atoms with Crippen LogP contribution in [0.5, 0.6) is 0 Å². The summed E-state index contributed by atoms with van der Waals surface area (Å²) in [6.45, 7) is 0. The predicted octanol–water partition coefficient (Wildman–Crippen LogP) is 0.124. The fourth-order valence-electron chi connectivity index (χ4n) is 1.24. The van der Waals surface area contributed by atoms with Gasteiger partial charge in [-0.1, -0.05) is 29.3 Å². The van der Waals surface area contributed by atoms with E-state index in [0.717, 1.165) is 0 Å². The second-order valence-electron chi connectivity index (χ2n) is 3.04. The minimum Gasteiger partial charge on any atom is -0.322 e. The molecule has 1 heterocycles. The molecule has 0 spiro atoms. The molecule has 1 fully saturated rings. The van der Waals surface area contributed by atoms with Gasteiger partial charge in [0.1, 0.15) is 0 Å². The van der Waals surface area contributed by atoms with Gasteiger partial charge in [-0.25, -0.2) is 10.9 Å². The van der Waals surface area contributed by atoms with Gasteiger partial charge in [-0.15, -0.1) is 0 Å². The Labute approximate surface area is 102 Å². The lowest BCUT2D eigenvalue weighted by Crippen LogP contribution is -2.49. The molecule has 0 aliphatic carbocycles. The highest BCUT2D eigenvalue weighted by Gasteiger charge is 2.19. The Morgan fingerprint density at radius 1 is 1.19 bits per heavy atom. The second-order valence-corrected chi connectivity index (χ2v) is 3.86. The van der Waals surface area contributed by atoms with E-state index in [4.69, 9.17) is 23.2 Å². The van der Waals surface area contributed by atoms with Crippen molar-refractivity contribution in [2.45, 2.75) is 6.29 Å². The first kappa shape index (κ1) is 11.6. The average Bonchev–Trinajstić information content (AvgIpc) is 2.70. The van der Waals surface area contributed by atoms with E-state index in [9.17, 15) is 4.79 Å². The van der Waals surface area contributed by atoms with Crippen molar-refractivity contribution >= 4 is 29.1 Å². The van der Waals surface area contributed by atoms with Gasteiger partial charge >= 0.3 is 0 Å². The molecule has 1 amide bonds. The van der Waals surface area contributed by atoms with Crippen LogP contribution in [0.1, 0.15) is 10.4 Å². The molecule has 16 heavy (non-hydrogen) atoms. The van der Waals surface area contributed by atoms with Crippen LogP contribution in [0.3, 0.4) is 0 Å². The Morgan fingerprint density at radius 3 is 2.31 bits per heavy atom. The van der Waals surface area contributed by atoms with E-state index in [2.05, 4.69) is 27.2 Å². The number of halogens is 2. The van der Waals surface area contributed by atoms with Crippen LogP contribution in [0.25, 0.3) is 0 Å². The third-order valence-electron chi connectivity index (χ3n) is 1.96. The fourth-order valence-corrected chi connectivity index (χ4v) is 1.81. The van der Waals surface area contributed by atoms with Gasteiger partial charge in [0, 0.05) is 0 Å². The van der Waals surface area contributed by atoms with E-state index in [1.165, 1.54) is 0 Å². The van der Waals surface area contributed by atoms with Gasteiger partial charge in [0.2, 0.25) is 0 Å². The number of amides is 1. The summed E-state index contributed by atoms with van der Waals surface area (Å²) in [4.78, 5) is 11.8. The Morgan fingerprint density at radius 2 is 1.75 bits per heavy atom. The lowest BCUT2D eigenvalue weighted by Gasteiger charge is -2.12. The third kappa shape index (κ3) is 2.43. The molecule has 1 aromatic carbocycles.